The summed E-state index contributed by atoms with van der Waals surface area (Å²) in [6.45, 7) is 0. The van der Waals surface area contributed by atoms with Crippen LogP contribution < -0.4 is 28.4 Å². The highest BCUT2D eigenvalue weighted by Gasteiger charge is 1.88. The van der Waals surface area contributed by atoms with Gasteiger partial charge in [-0.15, -0.1) is 0 Å². The van der Waals surface area contributed by atoms with E-state index in [1.54, 1.807) is 0 Å². The van der Waals surface area contributed by atoms with Crippen molar-refractivity contribution in [3.05, 3.63) is 56.2 Å². The number of aromatic nitrogens is 6. The Hall–Kier alpha value is -2.26. The molecule has 3 rings (SSSR count). The highest BCUT2D eigenvalue weighted by molar-refractivity contribution is 7.40. The second-order valence-electron chi connectivity index (χ2n) is 5.68. The molecule has 11 heteroatoms. The van der Waals surface area contributed by atoms with E-state index in [1.165, 1.54) is 0 Å². The van der Waals surface area contributed by atoms with E-state index in [1.807, 2.05) is 126 Å². The summed E-state index contributed by atoms with van der Waals surface area (Å²) in [6, 6.07) is 0. The number of nitrogens with zero attached hydrogens (tertiary/aromatic N) is 6. The Bertz CT molecular complexity index is 656. The molecule has 0 radical (unpaired) electrons. The van der Waals surface area contributed by atoms with Gasteiger partial charge in [0.15, 0.2) is 0 Å². The third kappa shape index (κ3) is 15.3. The van der Waals surface area contributed by atoms with Crippen LogP contribution in [0.15, 0.2) is 56.2 Å². The Labute approximate surface area is 153 Å². The van der Waals surface area contributed by atoms with Gasteiger partial charge >= 0.3 is 0 Å². The lowest BCUT2D eigenvalue weighted by atomic mass is 10.9. The summed E-state index contributed by atoms with van der Waals surface area (Å²) < 4.78 is 20.5. The van der Waals surface area contributed by atoms with Crippen LogP contribution in [0.3, 0.4) is 0 Å². The Balaban J connectivity index is 0.000000324. The minimum atomic E-state index is -5.39. The van der Waals surface area contributed by atoms with Crippen LogP contribution >= 0.6 is 7.82 Å². The van der Waals surface area contributed by atoms with Crippen LogP contribution in [0.4, 0.5) is 0 Å². The van der Waals surface area contributed by atoms with Gasteiger partial charge in [-0.25, -0.2) is 27.4 Å². The highest BCUT2D eigenvalue weighted by atomic mass is 31.2. The van der Waals surface area contributed by atoms with E-state index in [0.29, 0.717) is 0 Å². The summed E-state index contributed by atoms with van der Waals surface area (Å²) in [6.07, 6.45) is 18.0. The van der Waals surface area contributed by atoms with Gasteiger partial charge in [-0.05, 0) is 0 Å². The minimum Gasteiger partial charge on any atom is -0.822 e. The van der Waals surface area contributed by atoms with Crippen molar-refractivity contribution in [1.29, 1.82) is 0 Å². The molecule has 0 unspecified atom stereocenters. The third-order valence-electron chi connectivity index (χ3n) is 2.70. The lowest BCUT2D eigenvalue weighted by Gasteiger charge is -2.36. The largest absolute Gasteiger partial charge is 0.822 e. The van der Waals surface area contributed by atoms with Gasteiger partial charge < -0.3 is 19.2 Å². The zero-order valence-corrected chi connectivity index (χ0v) is 16.9. The molecular weight excluding hydrogens is 359 g/mol. The van der Waals surface area contributed by atoms with Crippen molar-refractivity contribution in [2.24, 2.45) is 42.3 Å². The Kier molecular flexibility index (Phi) is 10.4. The summed E-state index contributed by atoms with van der Waals surface area (Å²) in [5, 5.41) is 0. The first-order valence-corrected chi connectivity index (χ1v) is 8.97. The fourth-order valence-electron chi connectivity index (χ4n) is 1.72. The molecule has 0 saturated heterocycles. The molecule has 0 aliphatic heterocycles. The first kappa shape index (κ1) is 23.7. The molecule has 0 spiro atoms. The Morgan fingerprint density at radius 2 is 0.846 bits per heavy atom. The van der Waals surface area contributed by atoms with Gasteiger partial charge in [-0.1, -0.05) is 0 Å². The maximum absolute atomic E-state index is 8.55. The van der Waals surface area contributed by atoms with Gasteiger partial charge in [-0.3, -0.25) is 0 Å². The van der Waals surface area contributed by atoms with E-state index < -0.39 is 7.82 Å². The number of rotatable bonds is 0. The molecule has 146 valence electrons. The molecule has 3 heterocycles. The number of aryl methyl sites for hydroxylation is 6. The molecule has 3 aromatic rings. The van der Waals surface area contributed by atoms with Crippen molar-refractivity contribution in [3.63, 3.8) is 0 Å². The van der Waals surface area contributed by atoms with Gasteiger partial charge in [0.2, 0.25) is 19.0 Å². The molecule has 0 bridgehead atoms. The predicted octanol–water partition coefficient (Wildman–Crippen LogP) is -3.28. The van der Waals surface area contributed by atoms with E-state index in [9.17, 15) is 0 Å². The standard InChI is InChI=1S/3C5H9N2.H3O4P/c3*1-6-3-4-7(2)5-6;1-5(2,3)4/h3*3-5H,1-2H3;(H3,1,2,3,4)/q3*+1;/p-3. The number of hydrogen-bond donors (Lipinski definition) is 0. The fraction of sp³-hybridized carbons (Fsp3) is 0.400. The summed E-state index contributed by atoms with van der Waals surface area (Å²) >= 11 is 0. The highest BCUT2D eigenvalue weighted by Crippen LogP contribution is 2.03. The van der Waals surface area contributed by atoms with Gasteiger partial charge in [0.25, 0.3) is 0 Å². The van der Waals surface area contributed by atoms with Crippen LogP contribution in [0.5, 0.6) is 0 Å². The van der Waals surface area contributed by atoms with Crippen molar-refractivity contribution in [2.75, 3.05) is 0 Å². The monoisotopic (exact) mass is 386 g/mol. The molecule has 3 aromatic heterocycles. The summed E-state index contributed by atoms with van der Waals surface area (Å²) in [5.74, 6) is 0. The molecule has 0 fully saturated rings. The molecular formula is C15H27N6O4P. The molecule has 26 heavy (non-hydrogen) atoms. The smallest absolute Gasteiger partial charge is 0.243 e. The number of hydrogen-bond acceptors (Lipinski definition) is 4. The van der Waals surface area contributed by atoms with Crippen molar-refractivity contribution in [1.82, 2.24) is 13.7 Å². The molecule has 0 aliphatic carbocycles. The van der Waals surface area contributed by atoms with Crippen molar-refractivity contribution in [3.8, 4) is 0 Å². The average Bonchev–Trinajstić information content (AvgIpc) is 3.14. The first-order valence-electron chi connectivity index (χ1n) is 7.51. The molecule has 0 aromatic carbocycles. The molecule has 0 atom stereocenters. The van der Waals surface area contributed by atoms with E-state index in [-0.39, 0.29) is 0 Å². The van der Waals surface area contributed by atoms with Gasteiger partial charge in [0, 0.05) is 0 Å². The van der Waals surface area contributed by atoms with Gasteiger partial charge in [0.1, 0.15) is 37.2 Å². The molecule has 0 aliphatic rings. The first-order chi connectivity index (χ1) is 11.9. The van der Waals surface area contributed by atoms with Crippen LogP contribution in [0.25, 0.3) is 0 Å². The molecule has 0 N–H and O–H groups in total. The van der Waals surface area contributed by atoms with Crippen LogP contribution in [-0.2, 0) is 46.9 Å². The second kappa shape index (κ2) is 11.4. The maximum atomic E-state index is 8.55. The lowest BCUT2D eigenvalue weighted by Crippen LogP contribution is -2.24. The minimum absolute atomic E-state index is 2.00. The van der Waals surface area contributed by atoms with Gasteiger partial charge in [-0.2, -0.15) is 7.82 Å². The van der Waals surface area contributed by atoms with E-state index in [4.69, 9.17) is 19.2 Å². The van der Waals surface area contributed by atoms with Crippen molar-refractivity contribution < 1.29 is 32.9 Å². The normalized spacial score (nSPS) is 9.88. The molecule has 0 saturated carbocycles. The van der Waals surface area contributed by atoms with Crippen LogP contribution in [0.2, 0.25) is 0 Å². The number of imidazole rings is 3. The Morgan fingerprint density at radius 1 is 0.654 bits per heavy atom. The Morgan fingerprint density at radius 3 is 0.885 bits per heavy atom. The zero-order chi connectivity index (χ0) is 20.3. The quantitative estimate of drug-likeness (QED) is 0.298. The van der Waals surface area contributed by atoms with Crippen LogP contribution in [0, 0.1) is 0 Å². The predicted molar refractivity (Wildman–Crippen MR) is 87.4 cm³/mol. The zero-order valence-electron chi connectivity index (χ0n) is 16.0. The van der Waals surface area contributed by atoms with Crippen molar-refractivity contribution in [2.45, 2.75) is 0 Å². The maximum Gasteiger partial charge on any atom is 0.243 e. The summed E-state index contributed by atoms with van der Waals surface area (Å²) in [4.78, 5) is 25.6. The van der Waals surface area contributed by atoms with E-state index in [2.05, 4.69) is 0 Å². The lowest BCUT2D eigenvalue weighted by molar-refractivity contribution is -0.671. The molecule has 10 nitrogen and oxygen atoms in total. The second-order valence-corrected chi connectivity index (χ2v) is 6.58. The summed E-state index contributed by atoms with van der Waals surface area (Å²) in [5.41, 5.74) is 0. The van der Waals surface area contributed by atoms with E-state index in [0.717, 1.165) is 0 Å². The fourth-order valence-corrected chi connectivity index (χ4v) is 1.72. The van der Waals surface area contributed by atoms with E-state index >= 15 is 0 Å². The van der Waals surface area contributed by atoms with Gasteiger partial charge in [0.05, 0.1) is 42.3 Å². The molecule has 0 amide bonds. The van der Waals surface area contributed by atoms with Crippen molar-refractivity contribution >= 4 is 7.82 Å². The summed E-state index contributed by atoms with van der Waals surface area (Å²) in [7, 11) is 6.61. The number of phosphoric acid groups is 1. The van der Waals surface area contributed by atoms with Crippen LogP contribution in [0.1, 0.15) is 0 Å². The third-order valence-corrected chi connectivity index (χ3v) is 2.70. The van der Waals surface area contributed by atoms with Crippen LogP contribution in [-0.4, -0.2) is 13.7 Å². The topological polar surface area (TPSA) is 113 Å². The SMILES string of the molecule is Cn1cc[n+](C)c1.Cn1cc[n+](C)c1.Cn1cc[n+](C)c1.O=P([O-])([O-])[O-]. The average molecular weight is 386 g/mol.